The largest absolute Gasteiger partial charge is 0.496 e. The minimum Gasteiger partial charge on any atom is -0.496 e. The monoisotopic (exact) mass is 323 g/mol. The van der Waals surface area contributed by atoms with E-state index < -0.39 is 0 Å². The molecule has 122 valence electrons. The minimum absolute atomic E-state index is 0.143. The topological polar surface area (TPSA) is 55.8 Å². The van der Waals surface area contributed by atoms with Crippen LogP contribution in [0.4, 0.5) is 10.5 Å². The summed E-state index contributed by atoms with van der Waals surface area (Å²) in [7, 11) is 1.59. The van der Waals surface area contributed by atoms with Gasteiger partial charge in [-0.2, -0.15) is 0 Å². The summed E-state index contributed by atoms with van der Waals surface area (Å²) in [4.78, 5) is 25.5. The highest BCUT2D eigenvalue weighted by Gasteiger charge is 2.23. The Labute approximate surface area is 140 Å². The molecular weight excluding hydrogens is 306 g/mol. The highest BCUT2D eigenvalue weighted by atomic mass is 16.6. The van der Waals surface area contributed by atoms with E-state index in [4.69, 9.17) is 9.47 Å². The van der Waals surface area contributed by atoms with Crippen LogP contribution in [-0.4, -0.2) is 32.1 Å². The van der Waals surface area contributed by atoms with Crippen LogP contribution in [0.2, 0.25) is 0 Å². The van der Waals surface area contributed by atoms with Gasteiger partial charge in [-0.25, -0.2) is 4.79 Å². The summed E-state index contributed by atoms with van der Waals surface area (Å²) >= 11 is 0. The second-order valence-corrected chi connectivity index (χ2v) is 5.26. The van der Waals surface area contributed by atoms with Gasteiger partial charge < -0.3 is 9.47 Å². The van der Waals surface area contributed by atoms with E-state index in [1.807, 2.05) is 24.3 Å². The number of ketones is 1. The van der Waals surface area contributed by atoms with E-state index in [-0.39, 0.29) is 11.9 Å². The van der Waals surface area contributed by atoms with Gasteiger partial charge in [-0.05, 0) is 30.4 Å². The third kappa shape index (κ3) is 3.30. The van der Waals surface area contributed by atoms with Crippen LogP contribution in [0.25, 0.3) is 6.08 Å². The van der Waals surface area contributed by atoms with Crippen LogP contribution in [0.15, 0.2) is 54.6 Å². The van der Waals surface area contributed by atoms with Crippen molar-refractivity contribution in [3.63, 3.8) is 0 Å². The zero-order valence-corrected chi connectivity index (χ0v) is 13.3. The van der Waals surface area contributed by atoms with Gasteiger partial charge in [0.05, 0.1) is 13.7 Å². The van der Waals surface area contributed by atoms with Crippen LogP contribution < -0.4 is 9.64 Å². The van der Waals surface area contributed by atoms with Crippen molar-refractivity contribution in [2.24, 2.45) is 0 Å². The number of rotatable bonds is 5. The molecule has 24 heavy (non-hydrogen) atoms. The molecule has 1 aliphatic heterocycles. The number of anilines is 1. The van der Waals surface area contributed by atoms with Gasteiger partial charge >= 0.3 is 6.09 Å². The van der Waals surface area contributed by atoms with Crippen molar-refractivity contribution in [1.82, 2.24) is 0 Å². The molecule has 1 saturated heterocycles. The number of methoxy groups -OCH3 is 1. The molecule has 2 aromatic rings. The zero-order chi connectivity index (χ0) is 16.9. The quantitative estimate of drug-likeness (QED) is 0.624. The zero-order valence-electron chi connectivity index (χ0n) is 13.3. The molecule has 1 amide bonds. The van der Waals surface area contributed by atoms with Gasteiger partial charge in [0, 0.05) is 16.8 Å². The van der Waals surface area contributed by atoms with Crippen LogP contribution in [-0.2, 0) is 4.74 Å². The number of ether oxygens (including phenoxy) is 2. The van der Waals surface area contributed by atoms with Crippen LogP contribution in [0.3, 0.4) is 0 Å². The third-order valence-electron chi connectivity index (χ3n) is 3.76. The first kappa shape index (κ1) is 15.8. The highest BCUT2D eigenvalue weighted by Crippen LogP contribution is 2.22. The lowest BCUT2D eigenvalue weighted by atomic mass is 10.1. The maximum atomic E-state index is 12.4. The molecule has 0 radical (unpaired) electrons. The van der Waals surface area contributed by atoms with Gasteiger partial charge in [0.1, 0.15) is 12.4 Å². The summed E-state index contributed by atoms with van der Waals surface area (Å²) in [6.45, 7) is 0.859. The van der Waals surface area contributed by atoms with Crippen molar-refractivity contribution < 1.29 is 19.1 Å². The van der Waals surface area contributed by atoms with E-state index in [0.29, 0.717) is 30.2 Å². The lowest BCUT2D eigenvalue weighted by molar-refractivity contribution is 0.104. The molecular formula is C19H17NO4. The Hall–Kier alpha value is -3.08. The first-order valence-corrected chi connectivity index (χ1v) is 7.59. The summed E-state index contributed by atoms with van der Waals surface area (Å²) in [5.41, 5.74) is 2.00. The molecule has 1 fully saturated rings. The number of carbonyl (C=O) groups excluding carboxylic acids is 2. The van der Waals surface area contributed by atoms with Crippen LogP contribution >= 0.6 is 0 Å². The van der Waals surface area contributed by atoms with Crippen molar-refractivity contribution in [2.45, 2.75) is 0 Å². The maximum Gasteiger partial charge on any atom is 0.414 e. The van der Waals surface area contributed by atoms with Crippen LogP contribution in [0, 0.1) is 0 Å². The van der Waals surface area contributed by atoms with Gasteiger partial charge in [0.15, 0.2) is 5.78 Å². The number of allylic oxidation sites excluding steroid dienone is 1. The lowest BCUT2D eigenvalue weighted by Gasteiger charge is -2.13. The summed E-state index contributed by atoms with van der Waals surface area (Å²) < 4.78 is 10.2. The van der Waals surface area contributed by atoms with E-state index >= 15 is 0 Å². The first-order valence-electron chi connectivity index (χ1n) is 7.59. The summed E-state index contributed by atoms with van der Waals surface area (Å²) in [6, 6.07) is 14.4. The van der Waals surface area contributed by atoms with E-state index in [1.54, 1.807) is 37.5 Å². The molecule has 5 heteroatoms. The number of nitrogens with zero attached hydrogens (tertiary/aromatic N) is 1. The van der Waals surface area contributed by atoms with Gasteiger partial charge in [0.25, 0.3) is 0 Å². The predicted molar refractivity (Wildman–Crippen MR) is 91.5 cm³/mol. The number of benzene rings is 2. The smallest absolute Gasteiger partial charge is 0.414 e. The standard InChI is InChI=1S/C19H17NO4/c1-23-18-8-3-2-5-14(18)9-10-17(21)15-6-4-7-16(13-15)20-11-12-24-19(20)22/h2-10,13H,11-12H2,1H3. The average molecular weight is 323 g/mol. The summed E-state index contributed by atoms with van der Waals surface area (Å²) in [5.74, 6) is 0.561. The molecule has 0 unspecified atom stereocenters. The van der Waals surface area contributed by atoms with Crippen molar-refractivity contribution in [3.05, 3.63) is 65.7 Å². The molecule has 0 aromatic heterocycles. The van der Waals surface area contributed by atoms with Crippen LogP contribution in [0.5, 0.6) is 5.75 Å². The molecule has 0 bridgehead atoms. The van der Waals surface area contributed by atoms with E-state index in [1.165, 1.54) is 11.0 Å². The number of cyclic esters (lactones) is 1. The Morgan fingerprint density at radius 2 is 2.04 bits per heavy atom. The molecule has 0 aliphatic carbocycles. The number of hydrogen-bond acceptors (Lipinski definition) is 4. The van der Waals surface area contributed by atoms with Crippen molar-refractivity contribution in [1.29, 1.82) is 0 Å². The second-order valence-electron chi connectivity index (χ2n) is 5.26. The number of carbonyl (C=O) groups is 2. The van der Waals surface area contributed by atoms with Crippen molar-refractivity contribution in [2.75, 3.05) is 25.2 Å². The highest BCUT2D eigenvalue weighted by molar-refractivity contribution is 6.07. The Morgan fingerprint density at radius 1 is 1.21 bits per heavy atom. The normalized spacial score (nSPS) is 14.0. The van der Waals surface area contributed by atoms with E-state index in [2.05, 4.69) is 0 Å². The SMILES string of the molecule is COc1ccccc1C=CC(=O)c1cccc(N2CCOC2=O)c1. The molecule has 0 spiro atoms. The van der Waals surface area contributed by atoms with E-state index in [9.17, 15) is 9.59 Å². The Bertz CT molecular complexity index is 797. The Balaban J connectivity index is 1.80. The third-order valence-corrected chi connectivity index (χ3v) is 3.76. The van der Waals surface area contributed by atoms with E-state index in [0.717, 1.165) is 5.56 Å². The maximum absolute atomic E-state index is 12.4. The van der Waals surface area contributed by atoms with Gasteiger partial charge in [-0.15, -0.1) is 0 Å². The fraction of sp³-hybridized carbons (Fsp3) is 0.158. The molecule has 1 heterocycles. The molecule has 2 aromatic carbocycles. The second kappa shape index (κ2) is 7.00. The average Bonchev–Trinajstić information content (AvgIpc) is 3.06. The fourth-order valence-electron chi connectivity index (χ4n) is 2.52. The van der Waals surface area contributed by atoms with Crippen LogP contribution in [0.1, 0.15) is 15.9 Å². The molecule has 0 N–H and O–H groups in total. The molecule has 0 saturated carbocycles. The number of para-hydroxylation sites is 1. The first-order chi connectivity index (χ1) is 11.7. The summed E-state index contributed by atoms with van der Waals surface area (Å²) in [5, 5.41) is 0. The fourth-order valence-corrected chi connectivity index (χ4v) is 2.52. The minimum atomic E-state index is -0.385. The number of amides is 1. The summed E-state index contributed by atoms with van der Waals surface area (Å²) in [6.07, 6.45) is 2.83. The van der Waals surface area contributed by atoms with Crippen molar-refractivity contribution in [3.8, 4) is 5.75 Å². The van der Waals surface area contributed by atoms with Crippen molar-refractivity contribution >= 4 is 23.6 Å². The molecule has 3 rings (SSSR count). The molecule has 1 aliphatic rings. The van der Waals surface area contributed by atoms with Gasteiger partial charge in [-0.1, -0.05) is 30.3 Å². The number of hydrogen-bond donors (Lipinski definition) is 0. The molecule has 0 atom stereocenters. The predicted octanol–water partition coefficient (Wildman–Crippen LogP) is 3.55. The Kier molecular flexibility index (Phi) is 4.61. The Morgan fingerprint density at radius 3 is 2.79 bits per heavy atom. The van der Waals surface area contributed by atoms with Gasteiger partial charge in [0.2, 0.25) is 0 Å². The lowest BCUT2D eigenvalue weighted by Crippen LogP contribution is -2.23. The molecule has 5 nitrogen and oxygen atoms in total. The van der Waals surface area contributed by atoms with Gasteiger partial charge in [-0.3, -0.25) is 9.69 Å².